The molecule has 5 heterocycles. The fourth-order valence-corrected chi connectivity index (χ4v) is 8.79. The third kappa shape index (κ3) is 7.67. The number of aromatic nitrogens is 4. The van der Waals surface area contributed by atoms with Gasteiger partial charge in [0.1, 0.15) is 17.4 Å². The largest absolute Gasteiger partial charge is 0.467 e. The van der Waals surface area contributed by atoms with Crippen molar-refractivity contribution in [2.24, 2.45) is 14.1 Å². The van der Waals surface area contributed by atoms with E-state index in [1.807, 2.05) is 47.7 Å². The van der Waals surface area contributed by atoms with E-state index in [2.05, 4.69) is 73.7 Å². The lowest BCUT2D eigenvalue weighted by Crippen LogP contribution is -2.28. The number of furan rings is 1. The topological polar surface area (TPSA) is 70.5 Å². The Hall–Kier alpha value is -4.08. The van der Waals surface area contributed by atoms with Crippen LogP contribution in [0, 0.1) is 27.7 Å². The second-order valence-corrected chi connectivity index (χ2v) is 15.1. The predicted molar refractivity (Wildman–Crippen MR) is 218 cm³/mol. The van der Waals surface area contributed by atoms with Crippen LogP contribution in [-0.2, 0) is 33.5 Å². The standard InChI is InChI=1S/C23H29ClN4O.C18H25ClN4/c1-5-10-27(15-18-8-7-12-29-18)23-19-9-6-11-28(22(19)25-26(23)4)21-17(3)13-16(2)14-20(21)24;1-5-8-20-17-14-7-6-9-23(18(14)21-22(17)4)16-13(3)10-12(2)11-15(16)19/h7-8,12-14H,5-6,9-11,15H2,1-4H3;10-11,20H,5-9H2,1-4H3. The van der Waals surface area contributed by atoms with Gasteiger partial charge in [0.2, 0.25) is 0 Å². The second kappa shape index (κ2) is 16.3. The van der Waals surface area contributed by atoms with Gasteiger partial charge in [-0.3, -0.25) is 9.36 Å². The Bertz CT molecular complexity index is 1950. The van der Waals surface area contributed by atoms with E-state index in [1.165, 1.54) is 39.2 Å². The van der Waals surface area contributed by atoms with Crippen LogP contribution in [0.1, 0.15) is 78.7 Å². The lowest BCUT2D eigenvalue weighted by molar-refractivity contribution is 0.498. The van der Waals surface area contributed by atoms with Gasteiger partial charge in [-0.1, -0.05) is 49.2 Å². The van der Waals surface area contributed by atoms with Crippen molar-refractivity contribution < 1.29 is 4.42 Å². The van der Waals surface area contributed by atoms with E-state index >= 15 is 0 Å². The SMILES string of the molecule is CCCN(Cc1ccco1)c1c2c(nn1C)N(c1c(C)cc(C)cc1Cl)CCC2.CCCNc1c2c(nn1C)N(c1c(C)cc(C)cc1Cl)CCC2. The molecule has 0 bridgehead atoms. The van der Waals surface area contributed by atoms with Gasteiger partial charge in [-0.05, 0) is 113 Å². The van der Waals surface area contributed by atoms with Crippen LogP contribution < -0.4 is 20.0 Å². The third-order valence-electron chi connectivity index (χ3n) is 9.94. The van der Waals surface area contributed by atoms with Crippen LogP contribution in [0.2, 0.25) is 10.0 Å². The monoisotopic (exact) mass is 744 g/mol. The average Bonchev–Trinajstić information content (AvgIpc) is 3.80. The third-order valence-corrected chi connectivity index (χ3v) is 10.5. The van der Waals surface area contributed by atoms with Gasteiger partial charge in [0.15, 0.2) is 11.6 Å². The molecule has 7 rings (SSSR count). The van der Waals surface area contributed by atoms with E-state index in [0.29, 0.717) is 0 Å². The lowest BCUT2D eigenvalue weighted by atomic mass is 10.0. The smallest absolute Gasteiger partial charge is 0.160 e. The van der Waals surface area contributed by atoms with E-state index in [4.69, 9.17) is 37.8 Å². The summed E-state index contributed by atoms with van der Waals surface area (Å²) in [6.07, 6.45) is 8.19. The summed E-state index contributed by atoms with van der Waals surface area (Å²) in [5.41, 5.74) is 9.56. The molecule has 2 aromatic carbocycles. The van der Waals surface area contributed by atoms with Crippen LogP contribution in [0.3, 0.4) is 0 Å². The Balaban J connectivity index is 0.000000183. The van der Waals surface area contributed by atoms with E-state index in [0.717, 1.165) is 116 Å². The molecule has 2 aliphatic heterocycles. The van der Waals surface area contributed by atoms with Crippen molar-refractivity contribution in [3.05, 3.63) is 91.8 Å². The maximum absolute atomic E-state index is 6.69. The van der Waals surface area contributed by atoms with Crippen molar-refractivity contribution in [2.45, 2.75) is 86.6 Å². The number of nitrogens with one attached hydrogen (secondary N) is 1. The van der Waals surface area contributed by atoms with E-state index in [1.54, 1.807) is 6.26 Å². The predicted octanol–water partition coefficient (Wildman–Crippen LogP) is 10.4. The summed E-state index contributed by atoms with van der Waals surface area (Å²) in [6.45, 7) is 17.4. The lowest BCUT2D eigenvalue weighted by Gasteiger charge is -2.31. The Labute approximate surface area is 319 Å². The first-order valence-electron chi connectivity index (χ1n) is 18.7. The van der Waals surface area contributed by atoms with Crippen LogP contribution in [0.4, 0.5) is 34.6 Å². The van der Waals surface area contributed by atoms with Gasteiger partial charge < -0.3 is 24.4 Å². The molecular weight excluding hydrogens is 691 g/mol. The number of fused-ring (bicyclic) bond motifs is 2. The highest BCUT2D eigenvalue weighted by molar-refractivity contribution is 6.34. The number of halogens is 2. The zero-order valence-electron chi connectivity index (χ0n) is 32.1. The summed E-state index contributed by atoms with van der Waals surface area (Å²) >= 11 is 13.3. The fraction of sp³-hybridized carbons (Fsp3) is 0.463. The second-order valence-electron chi connectivity index (χ2n) is 14.3. The van der Waals surface area contributed by atoms with Gasteiger partial charge in [0.05, 0.1) is 34.2 Å². The average molecular weight is 746 g/mol. The van der Waals surface area contributed by atoms with Crippen molar-refractivity contribution in [3.8, 4) is 0 Å². The van der Waals surface area contributed by atoms with Gasteiger partial charge in [-0.25, -0.2) is 0 Å². The van der Waals surface area contributed by atoms with E-state index < -0.39 is 0 Å². The molecule has 52 heavy (non-hydrogen) atoms. The molecule has 11 heteroatoms. The molecule has 278 valence electrons. The molecule has 0 fully saturated rings. The zero-order chi connectivity index (χ0) is 37.1. The quantitative estimate of drug-likeness (QED) is 0.153. The van der Waals surface area contributed by atoms with Crippen molar-refractivity contribution in [3.63, 3.8) is 0 Å². The molecular formula is C41H54Cl2N8O. The molecule has 3 aromatic heterocycles. The molecule has 0 saturated carbocycles. The summed E-state index contributed by atoms with van der Waals surface area (Å²) < 4.78 is 9.62. The van der Waals surface area contributed by atoms with Crippen LogP contribution >= 0.6 is 23.2 Å². The van der Waals surface area contributed by atoms with E-state index in [-0.39, 0.29) is 0 Å². The molecule has 0 aliphatic carbocycles. The van der Waals surface area contributed by atoms with E-state index in [9.17, 15) is 0 Å². The maximum Gasteiger partial charge on any atom is 0.160 e. The minimum absolute atomic E-state index is 0.747. The molecule has 0 radical (unpaired) electrons. The van der Waals surface area contributed by atoms with Gasteiger partial charge in [-0.2, -0.15) is 10.2 Å². The molecule has 5 aromatic rings. The van der Waals surface area contributed by atoms with Crippen LogP contribution in [0.25, 0.3) is 0 Å². The number of nitrogens with zero attached hydrogens (tertiary/aromatic N) is 7. The Morgan fingerprint density at radius 1 is 0.788 bits per heavy atom. The highest BCUT2D eigenvalue weighted by atomic mass is 35.5. The summed E-state index contributed by atoms with van der Waals surface area (Å²) in [6, 6.07) is 12.4. The van der Waals surface area contributed by atoms with Gasteiger partial charge in [-0.15, -0.1) is 0 Å². The summed E-state index contributed by atoms with van der Waals surface area (Å²) in [4.78, 5) is 6.97. The molecule has 0 unspecified atom stereocenters. The summed E-state index contributed by atoms with van der Waals surface area (Å²) in [5, 5.41) is 14.9. The van der Waals surface area contributed by atoms with Gasteiger partial charge in [0, 0.05) is 51.4 Å². The Morgan fingerprint density at radius 2 is 1.37 bits per heavy atom. The Kier molecular flexibility index (Phi) is 11.8. The number of aryl methyl sites for hydroxylation is 6. The highest BCUT2D eigenvalue weighted by Gasteiger charge is 2.31. The number of hydrogen-bond acceptors (Lipinski definition) is 7. The van der Waals surface area contributed by atoms with Gasteiger partial charge in [0.25, 0.3) is 0 Å². The minimum Gasteiger partial charge on any atom is -0.467 e. The molecule has 0 saturated heterocycles. The number of anilines is 6. The zero-order valence-corrected chi connectivity index (χ0v) is 33.6. The first-order chi connectivity index (χ1) is 25.0. The van der Waals surface area contributed by atoms with Crippen LogP contribution in [-0.4, -0.2) is 45.7 Å². The van der Waals surface area contributed by atoms with Crippen LogP contribution in [0.15, 0.2) is 47.1 Å². The van der Waals surface area contributed by atoms with Crippen LogP contribution in [0.5, 0.6) is 0 Å². The first kappa shape index (κ1) is 37.7. The Morgan fingerprint density at radius 3 is 1.90 bits per heavy atom. The van der Waals surface area contributed by atoms with Gasteiger partial charge >= 0.3 is 0 Å². The summed E-state index contributed by atoms with van der Waals surface area (Å²) in [5.74, 6) is 5.38. The van der Waals surface area contributed by atoms with Crippen molar-refractivity contribution >= 4 is 57.8 Å². The number of rotatable bonds is 10. The fourth-order valence-electron chi connectivity index (χ4n) is 7.94. The molecule has 2 aliphatic rings. The summed E-state index contributed by atoms with van der Waals surface area (Å²) in [7, 11) is 4.05. The van der Waals surface area contributed by atoms with Crippen molar-refractivity contribution in [1.82, 2.24) is 19.6 Å². The van der Waals surface area contributed by atoms with Crippen molar-refractivity contribution in [1.29, 1.82) is 0 Å². The molecule has 9 nitrogen and oxygen atoms in total. The number of benzene rings is 2. The minimum atomic E-state index is 0.747. The molecule has 0 atom stereocenters. The number of hydrogen-bond donors (Lipinski definition) is 1. The maximum atomic E-state index is 6.69. The highest BCUT2D eigenvalue weighted by Crippen LogP contribution is 2.43. The molecule has 0 amide bonds. The molecule has 1 N–H and O–H groups in total. The van der Waals surface area contributed by atoms with Crippen molar-refractivity contribution in [2.75, 3.05) is 46.2 Å². The first-order valence-corrected chi connectivity index (χ1v) is 19.5. The normalized spacial score (nSPS) is 13.8. The molecule has 0 spiro atoms.